The zero-order chi connectivity index (χ0) is 50.7. The highest BCUT2D eigenvalue weighted by atomic mass is 35.5. The molecule has 0 bridgehead atoms. The molecular formula is C47H48ClF2N5O7. The minimum atomic E-state index is -3.64. The number of hydrogen-bond acceptors (Lipinski definition) is 10. The van der Waals surface area contributed by atoms with Crippen LogP contribution in [0.25, 0.3) is 11.1 Å². The van der Waals surface area contributed by atoms with E-state index in [1.54, 1.807) is 24.3 Å². The van der Waals surface area contributed by atoms with Crippen LogP contribution < -0.4 is 15.0 Å². The van der Waals surface area contributed by atoms with Gasteiger partial charge in [-0.15, -0.1) is 11.6 Å². The molecule has 4 heterocycles. The maximum atomic E-state index is 16.6. The second-order valence-corrected chi connectivity index (χ2v) is 15.7. The molecule has 3 N–H and O–H groups in total. The lowest BCUT2D eigenvalue weighted by Crippen LogP contribution is -2.54. The van der Waals surface area contributed by atoms with Gasteiger partial charge in [0.25, 0.3) is 11.8 Å². The second-order valence-electron chi connectivity index (χ2n) is 15.3. The molecule has 4 aromatic carbocycles. The molecule has 12 nitrogen and oxygen atoms in total. The third-order valence-corrected chi connectivity index (χ3v) is 11.6. The SMILES string of the molecule is [2H]C1([2H])N(CC2CCN(CCOc3ccc(C(=C(CCCl)c4ccc(O)cc4)c4ccc(O)cc4)cc3)CC2)C([2H])([2H])C([2H])([2H])N(c2cc(F)c3c(c2F)C(=O)N(C2CCC(=O)NC2=O)C3=O)C1([2H])[2H]. The molecule has 62 heavy (non-hydrogen) atoms. The third kappa shape index (κ3) is 9.04. The van der Waals surface area contributed by atoms with Crippen molar-refractivity contribution in [1.82, 2.24) is 20.0 Å². The second kappa shape index (κ2) is 18.6. The molecule has 0 saturated carbocycles. The molecular weight excluding hydrogens is 820 g/mol. The van der Waals surface area contributed by atoms with E-state index in [1.165, 1.54) is 0 Å². The molecule has 15 heteroatoms. The number of aromatic hydroxyl groups is 2. The molecule has 4 aromatic rings. The van der Waals surface area contributed by atoms with E-state index in [0.29, 0.717) is 55.4 Å². The summed E-state index contributed by atoms with van der Waals surface area (Å²) in [5.41, 5.74) is 0.629. The van der Waals surface area contributed by atoms with E-state index < -0.39 is 96.6 Å². The quantitative estimate of drug-likeness (QED) is 0.0799. The first-order valence-electron chi connectivity index (χ1n) is 24.2. The van der Waals surface area contributed by atoms with Crippen molar-refractivity contribution in [1.29, 1.82) is 0 Å². The number of alkyl halides is 1. The van der Waals surface area contributed by atoms with Crippen LogP contribution in [0.2, 0.25) is 0 Å². The van der Waals surface area contributed by atoms with Crippen molar-refractivity contribution in [3.63, 3.8) is 0 Å². The molecule has 0 aromatic heterocycles. The van der Waals surface area contributed by atoms with Crippen molar-refractivity contribution < 1.29 is 53.9 Å². The van der Waals surface area contributed by atoms with E-state index in [9.17, 15) is 29.4 Å². The van der Waals surface area contributed by atoms with Gasteiger partial charge in [0, 0.05) is 62.9 Å². The molecule has 3 saturated heterocycles. The summed E-state index contributed by atoms with van der Waals surface area (Å²) in [7, 11) is 0. The van der Waals surface area contributed by atoms with Gasteiger partial charge in [-0.05, 0) is 109 Å². The summed E-state index contributed by atoms with van der Waals surface area (Å²) in [6, 6.07) is 19.8. The van der Waals surface area contributed by atoms with Crippen LogP contribution in [0.1, 0.15) is 80.5 Å². The monoisotopic (exact) mass is 875 g/mol. The van der Waals surface area contributed by atoms with Crippen LogP contribution >= 0.6 is 11.6 Å². The summed E-state index contributed by atoms with van der Waals surface area (Å²) in [5.74, 6) is -7.47. The Bertz CT molecular complexity index is 2720. The van der Waals surface area contributed by atoms with E-state index in [0.717, 1.165) is 27.8 Å². The Morgan fingerprint density at radius 3 is 2.00 bits per heavy atom. The van der Waals surface area contributed by atoms with Gasteiger partial charge in [0.1, 0.15) is 35.7 Å². The molecule has 0 aliphatic carbocycles. The van der Waals surface area contributed by atoms with Crippen molar-refractivity contribution >= 4 is 52.1 Å². The van der Waals surface area contributed by atoms with Gasteiger partial charge in [0.15, 0.2) is 5.82 Å². The van der Waals surface area contributed by atoms with Crippen molar-refractivity contribution in [2.45, 2.75) is 38.1 Å². The summed E-state index contributed by atoms with van der Waals surface area (Å²) >= 11 is 6.28. The molecule has 0 spiro atoms. The number of piperazine rings is 1. The predicted octanol–water partition coefficient (Wildman–Crippen LogP) is 6.28. The van der Waals surface area contributed by atoms with Crippen LogP contribution in [0.15, 0.2) is 78.9 Å². The number of piperidine rings is 2. The summed E-state index contributed by atoms with van der Waals surface area (Å²) in [5, 5.41) is 21.9. The van der Waals surface area contributed by atoms with E-state index >= 15 is 8.78 Å². The number of rotatable bonds is 13. The average molecular weight is 876 g/mol. The van der Waals surface area contributed by atoms with Crippen LogP contribution in [-0.4, -0.2) is 119 Å². The van der Waals surface area contributed by atoms with Gasteiger partial charge in [-0.3, -0.25) is 39.2 Å². The number of nitrogens with one attached hydrogen (secondary N) is 1. The number of imide groups is 2. The molecule has 324 valence electrons. The summed E-state index contributed by atoms with van der Waals surface area (Å²) < 4.78 is 110. The average Bonchev–Trinajstić information content (AvgIpc) is 3.57. The minimum absolute atomic E-state index is 0.117. The Hall–Kier alpha value is -5.83. The lowest BCUT2D eigenvalue weighted by atomic mass is 9.88. The zero-order valence-electron chi connectivity index (χ0n) is 41.3. The number of nitrogens with zero attached hydrogens (tertiary/aromatic N) is 4. The fraction of sp³-hybridized carbons (Fsp3) is 0.362. The molecule has 4 amide bonds. The number of amides is 4. The van der Waals surface area contributed by atoms with Crippen LogP contribution in [0, 0.1) is 17.6 Å². The van der Waals surface area contributed by atoms with Gasteiger partial charge in [0.2, 0.25) is 11.8 Å². The van der Waals surface area contributed by atoms with Crippen molar-refractivity contribution in [3.8, 4) is 17.2 Å². The highest BCUT2D eigenvalue weighted by Gasteiger charge is 2.48. The van der Waals surface area contributed by atoms with Crippen molar-refractivity contribution in [3.05, 3.63) is 118 Å². The van der Waals surface area contributed by atoms with E-state index in [4.69, 9.17) is 27.3 Å². The van der Waals surface area contributed by atoms with Gasteiger partial charge in [-0.2, -0.15) is 0 Å². The molecule has 4 aliphatic rings. The molecule has 1 unspecified atom stereocenters. The first-order chi connectivity index (χ1) is 33.0. The normalized spacial score (nSPS) is 24.6. The molecule has 4 aliphatic heterocycles. The molecule has 1 atom stereocenters. The van der Waals surface area contributed by atoms with Crippen LogP contribution in [0.3, 0.4) is 0 Å². The largest absolute Gasteiger partial charge is 0.508 e. The van der Waals surface area contributed by atoms with E-state index in [2.05, 4.69) is 4.90 Å². The number of allylic oxidation sites excluding steroid dienone is 1. The number of carbonyl (C=O) groups excluding carboxylic acids is 4. The number of phenols is 2. The highest BCUT2D eigenvalue weighted by Crippen LogP contribution is 2.38. The molecule has 3 fully saturated rings. The molecule has 0 radical (unpaired) electrons. The zero-order valence-corrected chi connectivity index (χ0v) is 34.1. The number of phenolic OH excluding ortho intramolecular Hbond substituents is 2. The van der Waals surface area contributed by atoms with Gasteiger partial charge >= 0.3 is 0 Å². The summed E-state index contributed by atoms with van der Waals surface area (Å²) in [4.78, 5) is 53.7. The minimum Gasteiger partial charge on any atom is -0.508 e. The Labute approximate surface area is 374 Å². The summed E-state index contributed by atoms with van der Waals surface area (Å²) in [6.07, 6.45) is 0.636. The van der Waals surface area contributed by atoms with Gasteiger partial charge < -0.3 is 19.8 Å². The lowest BCUT2D eigenvalue weighted by Gasteiger charge is -2.39. The smallest absolute Gasteiger partial charge is 0.265 e. The van der Waals surface area contributed by atoms with Crippen LogP contribution in [0.5, 0.6) is 17.2 Å². The first kappa shape index (κ1) is 33.8. The van der Waals surface area contributed by atoms with Crippen LogP contribution in [-0.2, 0) is 9.59 Å². The Morgan fingerprint density at radius 2 is 1.39 bits per heavy atom. The van der Waals surface area contributed by atoms with E-state index in [-0.39, 0.29) is 46.8 Å². The van der Waals surface area contributed by atoms with Gasteiger partial charge in [-0.25, -0.2) is 8.78 Å². The Kier molecular flexibility index (Phi) is 10.2. The third-order valence-electron chi connectivity index (χ3n) is 11.4. The maximum absolute atomic E-state index is 16.6. The van der Waals surface area contributed by atoms with Crippen molar-refractivity contribution in [2.24, 2.45) is 5.92 Å². The number of carbonyl (C=O) groups is 4. The van der Waals surface area contributed by atoms with Gasteiger partial charge in [0.05, 0.1) is 22.3 Å². The van der Waals surface area contributed by atoms with Gasteiger partial charge in [-0.1, -0.05) is 36.4 Å². The number of ether oxygens (including phenoxy) is 1. The fourth-order valence-electron chi connectivity index (χ4n) is 8.19. The topological polar surface area (TPSA) is 143 Å². The number of benzene rings is 4. The van der Waals surface area contributed by atoms with Crippen LogP contribution in [0.4, 0.5) is 14.5 Å². The number of likely N-dealkylation sites (tertiary alicyclic amines) is 1. The highest BCUT2D eigenvalue weighted by molar-refractivity contribution is 6.24. The standard InChI is InChI=1S/C47H48ClF2N5O7/c48-18-15-36(30-1-7-33(56)8-2-30)41(31-3-9-34(57)10-4-31)32-5-11-35(12-6-32)62-26-25-52-19-16-29(17-20-52)28-53-21-23-54(24-22-53)39-27-37(49)42-43(44(39)50)47(61)55(46(42)60)38-13-14-40(58)51-45(38)59/h1-12,27,29,38,56-57H,13-26,28H2,(H,51,58,59)/i21D2,22D2,23D2,24D2. The predicted molar refractivity (Wildman–Crippen MR) is 230 cm³/mol. The van der Waals surface area contributed by atoms with E-state index in [1.807, 2.05) is 53.8 Å². The number of halogens is 3. The number of hydrogen-bond donors (Lipinski definition) is 3. The first-order valence-corrected chi connectivity index (χ1v) is 20.7. The van der Waals surface area contributed by atoms with Crippen molar-refractivity contribution in [2.75, 3.05) is 69.6 Å². The lowest BCUT2D eigenvalue weighted by molar-refractivity contribution is -0.136. The Morgan fingerprint density at radius 1 is 0.790 bits per heavy atom. The Balaban J connectivity index is 0.930. The fourth-order valence-corrected chi connectivity index (χ4v) is 8.38. The number of anilines is 1. The maximum Gasteiger partial charge on any atom is 0.265 e. The summed E-state index contributed by atoms with van der Waals surface area (Å²) in [6.45, 7) is -12.9. The molecule has 8 rings (SSSR count). The number of fused-ring (bicyclic) bond motifs is 1.